The number of aryl methyl sites for hydroxylation is 1. The maximum atomic E-state index is 12.9. The lowest BCUT2D eigenvalue weighted by atomic mass is 10.1. The zero-order valence-electron chi connectivity index (χ0n) is 19.3. The van der Waals surface area contributed by atoms with Crippen LogP contribution in [0, 0.1) is 6.92 Å². The number of carbonyl (C=O) groups excluding carboxylic acids is 2. The summed E-state index contributed by atoms with van der Waals surface area (Å²) in [7, 11) is -2.69. The first kappa shape index (κ1) is 23.9. The average Bonchev–Trinajstić information content (AvgIpc) is 3.13. The van der Waals surface area contributed by atoms with Gasteiger partial charge in [-0.05, 0) is 61.9 Å². The van der Waals surface area contributed by atoms with E-state index in [-0.39, 0.29) is 22.0 Å². The number of imide groups is 1. The average molecular weight is 491 g/mol. The maximum absolute atomic E-state index is 12.9. The van der Waals surface area contributed by atoms with E-state index in [2.05, 4.69) is 5.10 Å². The molecule has 0 aliphatic carbocycles. The molecule has 0 aromatic heterocycles. The number of hydrogen-bond acceptors (Lipinski definition) is 7. The number of ether oxygens (including phenoxy) is 1. The molecule has 35 heavy (non-hydrogen) atoms. The summed E-state index contributed by atoms with van der Waals surface area (Å²) in [6.45, 7) is 3.48. The number of carbonyl (C=O) groups is 2. The van der Waals surface area contributed by atoms with Crippen molar-refractivity contribution in [2.24, 2.45) is 5.10 Å². The standard InChI is InChI=1S/C26H22N2O6S/c1-17-9-12-21(13-10-17)35(31,32)34-23-14-11-19(16-24(23)33-3)15-22-18(2)27-28(26(22)30)25(29)20-7-5-4-6-8-20/h4-16H,1-3H3/b22-15+. The predicted molar refractivity (Wildman–Crippen MR) is 131 cm³/mol. The topological polar surface area (TPSA) is 102 Å². The lowest BCUT2D eigenvalue weighted by Crippen LogP contribution is -2.29. The van der Waals surface area contributed by atoms with Gasteiger partial charge in [0, 0.05) is 5.56 Å². The monoisotopic (exact) mass is 490 g/mol. The van der Waals surface area contributed by atoms with E-state index in [1.54, 1.807) is 61.5 Å². The molecule has 0 atom stereocenters. The van der Waals surface area contributed by atoms with Gasteiger partial charge in [-0.1, -0.05) is 42.0 Å². The second kappa shape index (κ2) is 9.55. The van der Waals surface area contributed by atoms with E-state index in [4.69, 9.17) is 8.92 Å². The molecular weight excluding hydrogens is 468 g/mol. The Labute approximate surface area is 203 Å². The fraction of sp³-hybridized carbons (Fsp3) is 0.115. The minimum Gasteiger partial charge on any atom is -0.493 e. The van der Waals surface area contributed by atoms with Crippen molar-refractivity contribution in [3.05, 3.63) is 95.1 Å². The highest BCUT2D eigenvalue weighted by molar-refractivity contribution is 7.87. The summed E-state index contributed by atoms with van der Waals surface area (Å²) in [5.41, 5.74) is 2.41. The normalized spacial score (nSPS) is 14.7. The first-order valence-corrected chi connectivity index (χ1v) is 12.0. The van der Waals surface area contributed by atoms with Crippen molar-refractivity contribution in [1.82, 2.24) is 5.01 Å². The Morgan fingerprint density at radius 3 is 2.29 bits per heavy atom. The van der Waals surface area contributed by atoms with E-state index in [0.29, 0.717) is 16.8 Å². The first-order chi connectivity index (χ1) is 16.7. The summed E-state index contributed by atoms with van der Waals surface area (Å²) in [6.07, 6.45) is 1.56. The van der Waals surface area contributed by atoms with Crippen LogP contribution in [0.15, 0.2) is 88.4 Å². The van der Waals surface area contributed by atoms with Crippen LogP contribution in [0.3, 0.4) is 0 Å². The van der Waals surface area contributed by atoms with E-state index in [0.717, 1.165) is 10.6 Å². The van der Waals surface area contributed by atoms with Crippen molar-refractivity contribution < 1.29 is 26.9 Å². The molecule has 0 spiro atoms. The predicted octanol–water partition coefficient (Wildman–Crippen LogP) is 4.21. The summed E-state index contributed by atoms with van der Waals surface area (Å²) >= 11 is 0. The fourth-order valence-electron chi connectivity index (χ4n) is 3.41. The molecule has 9 heteroatoms. The van der Waals surface area contributed by atoms with Crippen LogP contribution in [0.5, 0.6) is 11.5 Å². The van der Waals surface area contributed by atoms with Gasteiger partial charge in [-0.25, -0.2) is 0 Å². The van der Waals surface area contributed by atoms with E-state index < -0.39 is 21.9 Å². The van der Waals surface area contributed by atoms with Crippen LogP contribution in [-0.4, -0.2) is 38.1 Å². The molecule has 178 valence electrons. The number of amides is 2. The lowest BCUT2D eigenvalue weighted by Gasteiger charge is -2.12. The van der Waals surface area contributed by atoms with Crippen molar-refractivity contribution in [3.8, 4) is 11.5 Å². The molecule has 4 rings (SSSR count). The van der Waals surface area contributed by atoms with Gasteiger partial charge in [-0.15, -0.1) is 0 Å². The summed E-state index contributed by atoms with van der Waals surface area (Å²) in [5, 5.41) is 4.95. The van der Waals surface area contributed by atoms with Crippen molar-refractivity contribution in [2.45, 2.75) is 18.7 Å². The van der Waals surface area contributed by atoms with Crippen LogP contribution < -0.4 is 8.92 Å². The summed E-state index contributed by atoms with van der Waals surface area (Å²) in [5.74, 6) is -0.926. The minimum atomic E-state index is -4.07. The van der Waals surface area contributed by atoms with E-state index in [9.17, 15) is 18.0 Å². The van der Waals surface area contributed by atoms with Gasteiger partial charge in [-0.2, -0.15) is 18.5 Å². The molecule has 1 heterocycles. The molecule has 8 nitrogen and oxygen atoms in total. The van der Waals surface area contributed by atoms with Gasteiger partial charge >= 0.3 is 10.1 Å². The molecule has 0 saturated heterocycles. The highest BCUT2D eigenvalue weighted by Crippen LogP contribution is 2.32. The molecule has 0 bridgehead atoms. The third kappa shape index (κ3) is 4.99. The molecular formula is C26H22N2O6S. The molecule has 1 aliphatic heterocycles. The van der Waals surface area contributed by atoms with Gasteiger partial charge < -0.3 is 8.92 Å². The van der Waals surface area contributed by atoms with E-state index in [1.165, 1.54) is 31.4 Å². The van der Waals surface area contributed by atoms with Crippen LogP contribution in [0.25, 0.3) is 6.08 Å². The number of hydrazone groups is 1. The van der Waals surface area contributed by atoms with Gasteiger partial charge in [0.2, 0.25) is 0 Å². The van der Waals surface area contributed by atoms with Gasteiger partial charge in [0.15, 0.2) is 11.5 Å². The van der Waals surface area contributed by atoms with Crippen molar-refractivity contribution in [1.29, 1.82) is 0 Å². The lowest BCUT2D eigenvalue weighted by molar-refractivity contribution is -0.123. The highest BCUT2D eigenvalue weighted by atomic mass is 32.2. The van der Waals surface area contributed by atoms with E-state index >= 15 is 0 Å². The molecule has 0 fully saturated rings. The van der Waals surface area contributed by atoms with Crippen LogP contribution in [-0.2, 0) is 14.9 Å². The molecule has 0 radical (unpaired) electrons. The number of methoxy groups -OCH3 is 1. The Hall–Kier alpha value is -4.24. The van der Waals surface area contributed by atoms with Crippen molar-refractivity contribution in [2.75, 3.05) is 7.11 Å². The Kier molecular flexibility index (Phi) is 6.52. The number of hydrogen-bond donors (Lipinski definition) is 0. The first-order valence-electron chi connectivity index (χ1n) is 10.6. The number of benzene rings is 3. The van der Waals surface area contributed by atoms with Crippen molar-refractivity contribution in [3.63, 3.8) is 0 Å². The molecule has 1 aliphatic rings. The molecule has 3 aromatic rings. The fourth-order valence-corrected chi connectivity index (χ4v) is 4.35. The smallest absolute Gasteiger partial charge is 0.339 e. The molecule has 0 N–H and O–H groups in total. The Bertz CT molecular complexity index is 1460. The van der Waals surface area contributed by atoms with Crippen molar-refractivity contribution >= 4 is 33.7 Å². The highest BCUT2D eigenvalue weighted by Gasteiger charge is 2.33. The Balaban J connectivity index is 1.59. The van der Waals surface area contributed by atoms with Crippen LogP contribution >= 0.6 is 0 Å². The second-order valence-corrected chi connectivity index (χ2v) is 9.34. The SMILES string of the molecule is COc1cc(/C=C2/C(=O)N(C(=O)c3ccccc3)N=C2C)ccc1OS(=O)(=O)c1ccc(C)cc1. The maximum Gasteiger partial charge on any atom is 0.339 e. The number of nitrogens with zero attached hydrogens (tertiary/aromatic N) is 2. The quantitative estimate of drug-likeness (QED) is 0.291. The summed E-state index contributed by atoms with van der Waals surface area (Å²) < 4.78 is 35.9. The molecule has 0 saturated carbocycles. The molecule has 0 unspecified atom stereocenters. The second-order valence-electron chi connectivity index (χ2n) is 7.79. The van der Waals surface area contributed by atoms with Gasteiger partial charge in [-0.3, -0.25) is 9.59 Å². The zero-order chi connectivity index (χ0) is 25.2. The number of rotatable bonds is 6. The molecule has 2 amide bonds. The summed E-state index contributed by atoms with van der Waals surface area (Å²) in [4.78, 5) is 25.6. The Morgan fingerprint density at radius 2 is 1.63 bits per heavy atom. The van der Waals surface area contributed by atoms with E-state index in [1.807, 2.05) is 6.92 Å². The largest absolute Gasteiger partial charge is 0.493 e. The van der Waals surface area contributed by atoms with Gasteiger partial charge in [0.05, 0.1) is 18.4 Å². The summed E-state index contributed by atoms with van der Waals surface area (Å²) in [6, 6.07) is 19.2. The molecule has 3 aromatic carbocycles. The Morgan fingerprint density at radius 1 is 0.943 bits per heavy atom. The van der Waals surface area contributed by atoms with Crippen LogP contribution in [0.1, 0.15) is 28.4 Å². The third-order valence-electron chi connectivity index (χ3n) is 5.28. The van der Waals surface area contributed by atoms with Gasteiger partial charge in [0.25, 0.3) is 11.8 Å². The van der Waals surface area contributed by atoms with Crippen LogP contribution in [0.2, 0.25) is 0 Å². The third-order valence-corrected chi connectivity index (χ3v) is 6.53. The minimum absolute atomic E-state index is 0.000700. The van der Waals surface area contributed by atoms with Gasteiger partial charge in [0.1, 0.15) is 4.90 Å². The van der Waals surface area contributed by atoms with Crippen LogP contribution in [0.4, 0.5) is 0 Å². The zero-order valence-corrected chi connectivity index (χ0v) is 20.1.